The van der Waals surface area contributed by atoms with Crippen molar-refractivity contribution in [1.82, 2.24) is 9.80 Å². The highest BCUT2D eigenvalue weighted by atomic mass is 19.1. The average Bonchev–Trinajstić information content (AvgIpc) is 2.65. The zero-order valence-electron chi connectivity index (χ0n) is 16.5. The minimum atomic E-state index is -0.323. The maximum absolute atomic E-state index is 13.2. The van der Waals surface area contributed by atoms with E-state index in [2.05, 4.69) is 11.8 Å². The maximum Gasteiger partial charge on any atom is 0.260 e. The summed E-state index contributed by atoms with van der Waals surface area (Å²) in [4.78, 5) is 16.8. The molecule has 4 nitrogen and oxygen atoms in total. The standard InChI is InChI=1S/C22H26F2N2O2/c1-15-10-20(24)8-9-21(15)28-14-22(27)26-12-16(2)25(11-17(26)3)13-18-4-6-19(23)7-5-18/h4-10,16-17H,11-14H2,1-3H3. The molecule has 150 valence electrons. The Morgan fingerprint density at radius 3 is 2.39 bits per heavy atom. The molecule has 0 aromatic heterocycles. The van der Waals surface area contributed by atoms with Crippen molar-refractivity contribution in [2.24, 2.45) is 0 Å². The number of halogens is 2. The van der Waals surface area contributed by atoms with Crippen molar-refractivity contribution in [2.75, 3.05) is 19.7 Å². The van der Waals surface area contributed by atoms with Crippen LogP contribution in [0.5, 0.6) is 5.75 Å². The van der Waals surface area contributed by atoms with Gasteiger partial charge in [-0.15, -0.1) is 0 Å². The van der Waals surface area contributed by atoms with Gasteiger partial charge in [0.25, 0.3) is 5.91 Å². The highest BCUT2D eigenvalue weighted by Gasteiger charge is 2.32. The molecule has 6 heteroatoms. The van der Waals surface area contributed by atoms with E-state index in [1.165, 1.54) is 24.3 Å². The van der Waals surface area contributed by atoms with Crippen LogP contribution in [0.4, 0.5) is 8.78 Å². The largest absolute Gasteiger partial charge is 0.483 e. The number of nitrogens with zero attached hydrogens (tertiary/aromatic N) is 2. The normalized spacial score (nSPS) is 20.2. The number of piperazine rings is 1. The van der Waals surface area contributed by atoms with E-state index in [1.54, 1.807) is 25.1 Å². The summed E-state index contributed by atoms with van der Waals surface area (Å²) >= 11 is 0. The lowest BCUT2D eigenvalue weighted by molar-refractivity contribution is -0.139. The minimum Gasteiger partial charge on any atom is -0.483 e. The SMILES string of the molecule is Cc1cc(F)ccc1OCC(=O)N1CC(C)N(Cc2ccc(F)cc2)CC1C. The van der Waals surface area contributed by atoms with Crippen molar-refractivity contribution in [1.29, 1.82) is 0 Å². The van der Waals surface area contributed by atoms with E-state index in [4.69, 9.17) is 4.74 Å². The van der Waals surface area contributed by atoms with Crippen molar-refractivity contribution in [3.63, 3.8) is 0 Å². The van der Waals surface area contributed by atoms with E-state index in [-0.39, 0.29) is 36.2 Å². The first-order chi connectivity index (χ1) is 13.3. The number of benzene rings is 2. The Hall–Kier alpha value is -2.47. The van der Waals surface area contributed by atoms with Crippen LogP contribution in [0.15, 0.2) is 42.5 Å². The fourth-order valence-electron chi connectivity index (χ4n) is 3.59. The van der Waals surface area contributed by atoms with Crippen molar-refractivity contribution in [3.05, 3.63) is 65.2 Å². The fourth-order valence-corrected chi connectivity index (χ4v) is 3.59. The molecule has 0 spiro atoms. The summed E-state index contributed by atoms with van der Waals surface area (Å²) in [7, 11) is 0. The lowest BCUT2D eigenvalue weighted by atomic mass is 10.1. The van der Waals surface area contributed by atoms with Crippen molar-refractivity contribution in [3.8, 4) is 5.75 Å². The number of hydrogen-bond donors (Lipinski definition) is 0. The molecular weight excluding hydrogens is 362 g/mol. The van der Waals surface area contributed by atoms with Gasteiger partial charge < -0.3 is 9.64 Å². The molecule has 0 saturated carbocycles. The highest BCUT2D eigenvalue weighted by Crippen LogP contribution is 2.21. The van der Waals surface area contributed by atoms with E-state index in [0.29, 0.717) is 17.9 Å². The summed E-state index contributed by atoms with van der Waals surface area (Å²) in [5.74, 6) is -0.122. The second-order valence-corrected chi connectivity index (χ2v) is 7.50. The van der Waals surface area contributed by atoms with Crippen LogP contribution in [-0.4, -0.2) is 47.5 Å². The molecule has 1 heterocycles. The van der Waals surface area contributed by atoms with Gasteiger partial charge in [-0.1, -0.05) is 12.1 Å². The Bertz CT molecular complexity index is 826. The zero-order valence-corrected chi connectivity index (χ0v) is 16.5. The molecule has 2 atom stereocenters. The van der Waals surface area contributed by atoms with Gasteiger partial charge in [0.1, 0.15) is 17.4 Å². The van der Waals surface area contributed by atoms with Crippen LogP contribution in [0.25, 0.3) is 0 Å². The summed E-state index contributed by atoms with van der Waals surface area (Å²) in [6.45, 7) is 7.85. The molecule has 3 rings (SSSR count). The van der Waals surface area contributed by atoms with E-state index < -0.39 is 0 Å². The third-order valence-corrected chi connectivity index (χ3v) is 5.22. The van der Waals surface area contributed by atoms with Gasteiger partial charge in [0.05, 0.1) is 0 Å². The number of carbonyl (C=O) groups is 1. The first kappa shape index (κ1) is 20.3. The molecule has 28 heavy (non-hydrogen) atoms. The van der Waals surface area contributed by atoms with E-state index in [0.717, 1.165) is 18.7 Å². The lowest BCUT2D eigenvalue weighted by Gasteiger charge is -2.44. The molecule has 2 aromatic rings. The number of ether oxygens (including phenoxy) is 1. The summed E-state index contributed by atoms with van der Waals surface area (Å²) in [5, 5.41) is 0. The van der Waals surface area contributed by atoms with Crippen LogP contribution in [-0.2, 0) is 11.3 Å². The van der Waals surface area contributed by atoms with Crippen molar-refractivity contribution >= 4 is 5.91 Å². The Kier molecular flexibility index (Phi) is 6.29. The van der Waals surface area contributed by atoms with Gasteiger partial charge in [0.15, 0.2) is 6.61 Å². The van der Waals surface area contributed by atoms with Crippen LogP contribution in [0.1, 0.15) is 25.0 Å². The number of aryl methyl sites for hydroxylation is 1. The highest BCUT2D eigenvalue weighted by molar-refractivity contribution is 5.78. The number of amides is 1. The second kappa shape index (κ2) is 8.69. The van der Waals surface area contributed by atoms with Crippen LogP contribution in [0.2, 0.25) is 0 Å². The molecule has 2 unspecified atom stereocenters. The summed E-state index contributed by atoms with van der Waals surface area (Å²) in [5.41, 5.74) is 1.72. The van der Waals surface area contributed by atoms with E-state index in [9.17, 15) is 13.6 Å². The molecule has 1 fully saturated rings. The Labute approximate surface area is 164 Å². The first-order valence-electron chi connectivity index (χ1n) is 9.50. The van der Waals surface area contributed by atoms with Gasteiger partial charge in [-0.05, 0) is 62.2 Å². The predicted molar refractivity (Wildman–Crippen MR) is 104 cm³/mol. The van der Waals surface area contributed by atoms with Gasteiger partial charge in [-0.2, -0.15) is 0 Å². The third kappa shape index (κ3) is 4.87. The van der Waals surface area contributed by atoms with Crippen LogP contribution in [0, 0.1) is 18.6 Å². The van der Waals surface area contributed by atoms with Crippen LogP contribution >= 0.6 is 0 Å². The van der Waals surface area contributed by atoms with Gasteiger partial charge in [0.2, 0.25) is 0 Å². The van der Waals surface area contributed by atoms with Gasteiger partial charge >= 0.3 is 0 Å². The second-order valence-electron chi connectivity index (χ2n) is 7.50. The Morgan fingerprint density at radius 2 is 1.71 bits per heavy atom. The number of hydrogen-bond acceptors (Lipinski definition) is 3. The lowest BCUT2D eigenvalue weighted by Crippen LogP contribution is -2.58. The fraction of sp³-hybridized carbons (Fsp3) is 0.409. The smallest absolute Gasteiger partial charge is 0.260 e. The van der Waals surface area contributed by atoms with Gasteiger partial charge in [0, 0.05) is 31.7 Å². The summed E-state index contributed by atoms with van der Waals surface area (Å²) in [6.07, 6.45) is 0. The Morgan fingerprint density at radius 1 is 1.04 bits per heavy atom. The quantitative estimate of drug-likeness (QED) is 0.782. The molecule has 0 bridgehead atoms. The molecule has 0 aliphatic carbocycles. The van der Waals surface area contributed by atoms with E-state index >= 15 is 0 Å². The molecule has 2 aromatic carbocycles. The van der Waals surface area contributed by atoms with E-state index in [1.807, 2.05) is 11.8 Å². The minimum absolute atomic E-state index is 0.0436. The monoisotopic (exact) mass is 388 g/mol. The Balaban J connectivity index is 1.57. The molecule has 0 N–H and O–H groups in total. The molecule has 1 amide bonds. The van der Waals surface area contributed by atoms with Gasteiger partial charge in [-0.25, -0.2) is 8.78 Å². The zero-order chi connectivity index (χ0) is 20.3. The molecule has 1 saturated heterocycles. The summed E-state index contributed by atoms with van der Waals surface area (Å²) < 4.78 is 31.9. The third-order valence-electron chi connectivity index (χ3n) is 5.22. The van der Waals surface area contributed by atoms with Crippen molar-refractivity contribution in [2.45, 2.75) is 39.4 Å². The topological polar surface area (TPSA) is 32.8 Å². The number of carbonyl (C=O) groups excluding carboxylic acids is 1. The first-order valence-corrected chi connectivity index (χ1v) is 9.50. The number of rotatable bonds is 5. The average molecular weight is 388 g/mol. The van der Waals surface area contributed by atoms with Crippen LogP contribution in [0.3, 0.4) is 0 Å². The van der Waals surface area contributed by atoms with Gasteiger partial charge in [-0.3, -0.25) is 9.69 Å². The molecule has 1 aliphatic heterocycles. The molecular formula is C22H26F2N2O2. The van der Waals surface area contributed by atoms with Crippen molar-refractivity contribution < 1.29 is 18.3 Å². The molecule has 0 radical (unpaired) electrons. The maximum atomic E-state index is 13.2. The predicted octanol–water partition coefficient (Wildman–Crippen LogP) is 3.77. The summed E-state index contributed by atoms with van der Waals surface area (Å²) in [6, 6.07) is 11.0. The van der Waals surface area contributed by atoms with Crippen LogP contribution < -0.4 is 4.74 Å². The molecule has 1 aliphatic rings.